The second kappa shape index (κ2) is 4.99. The van der Waals surface area contributed by atoms with E-state index in [0.717, 1.165) is 29.4 Å². The monoisotopic (exact) mass is 257 g/mol. The van der Waals surface area contributed by atoms with Crippen LogP contribution >= 0.6 is 15.9 Å². The molecule has 78 valence electrons. The van der Waals surface area contributed by atoms with E-state index >= 15 is 0 Å². The quantitative estimate of drug-likeness (QED) is 0.819. The maximum Gasteiger partial charge on any atom is 0.169 e. The van der Waals surface area contributed by atoms with Crippen LogP contribution in [0.25, 0.3) is 0 Å². The summed E-state index contributed by atoms with van der Waals surface area (Å²) in [5, 5.41) is 3.40. The second-order valence-corrected chi connectivity index (χ2v) is 4.75. The van der Waals surface area contributed by atoms with Crippen molar-refractivity contribution < 1.29 is 4.42 Å². The van der Waals surface area contributed by atoms with Crippen LogP contribution in [0, 0.1) is 5.92 Å². The molecule has 1 fully saturated rings. The summed E-state index contributed by atoms with van der Waals surface area (Å²) in [5.74, 6) is 2.00. The Bertz CT molecular complexity index is 281. The predicted molar refractivity (Wildman–Crippen MR) is 60.1 cm³/mol. The van der Waals surface area contributed by atoms with E-state index in [1.54, 1.807) is 0 Å². The lowest BCUT2D eigenvalue weighted by Crippen LogP contribution is -2.20. The van der Waals surface area contributed by atoms with Gasteiger partial charge in [0.2, 0.25) is 0 Å². The van der Waals surface area contributed by atoms with Crippen LogP contribution in [0.2, 0.25) is 0 Å². The fourth-order valence-corrected chi connectivity index (χ4v) is 2.09. The summed E-state index contributed by atoms with van der Waals surface area (Å²) >= 11 is 3.29. The summed E-state index contributed by atoms with van der Waals surface area (Å²) in [6, 6.07) is 3.93. The number of halogens is 1. The van der Waals surface area contributed by atoms with E-state index in [9.17, 15) is 0 Å². The van der Waals surface area contributed by atoms with Gasteiger partial charge in [0.1, 0.15) is 5.76 Å². The van der Waals surface area contributed by atoms with Crippen LogP contribution in [0.4, 0.5) is 0 Å². The first-order chi connectivity index (χ1) is 6.84. The van der Waals surface area contributed by atoms with Gasteiger partial charge >= 0.3 is 0 Å². The third-order valence-corrected chi connectivity index (χ3v) is 3.31. The molecule has 2 rings (SSSR count). The molecule has 0 aromatic carbocycles. The van der Waals surface area contributed by atoms with Crippen molar-refractivity contribution in [2.45, 2.75) is 32.2 Å². The van der Waals surface area contributed by atoms with Crippen LogP contribution in [0.3, 0.4) is 0 Å². The molecule has 14 heavy (non-hydrogen) atoms. The Kier molecular flexibility index (Phi) is 3.65. The number of hydrogen-bond donors (Lipinski definition) is 1. The fourth-order valence-electron chi connectivity index (χ4n) is 1.75. The minimum absolute atomic E-state index is 0.813. The first-order valence-corrected chi connectivity index (χ1v) is 6.09. The van der Waals surface area contributed by atoms with Gasteiger partial charge in [-0.2, -0.15) is 0 Å². The van der Waals surface area contributed by atoms with Crippen LogP contribution in [-0.2, 0) is 6.54 Å². The Morgan fingerprint density at radius 2 is 2.29 bits per heavy atom. The molecule has 1 aliphatic rings. The Morgan fingerprint density at radius 1 is 1.43 bits per heavy atom. The predicted octanol–water partition coefficient (Wildman–Crippen LogP) is 3.32. The van der Waals surface area contributed by atoms with E-state index in [0.29, 0.717) is 0 Å². The maximum atomic E-state index is 5.39. The highest BCUT2D eigenvalue weighted by Gasteiger charge is 2.16. The highest BCUT2D eigenvalue weighted by atomic mass is 79.9. The van der Waals surface area contributed by atoms with Gasteiger partial charge in [0.15, 0.2) is 4.67 Å². The van der Waals surface area contributed by atoms with Crippen LogP contribution < -0.4 is 5.32 Å². The lowest BCUT2D eigenvalue weighted by Gasteiger charge is -2.25. The molecule has 0 atom stereocenters. The molecule has 0 spiro atoms. The first-order valence-electron chi connectivity index (χ1n) is 5.29. The molecule has 0 unspecified atom stereocenters. The Labute approximate surface area is 93.2 Å². The van der Waals surface area contributed by atoms with Gasteiger partial charge in [-0.15, -0.1) is 0 Å². The van der Waals surface area contributed by atoms with E-state index in [1.807, 2.05) is 12.1 Å². The van der Waals surface area contributed by atoms with Crippen molar-refractivity contribution in [3.05, 3.63) is 22.6 Å². The van der Waals surface area contributed by atoms with Crippen molar-refractivity contribution in [2.75, 3.05) is 6.54 Å². The molecular formula is C11H16BrNO. The second-order valence-electron chi connectivity index (χ2n) is 3.97. The zero-order valence-corrected chi connectivity index (χ0v) is 9.85. The molecule has 3 heteroatoms. The van der Waals surface area contributed by atoms with E-state index in [2.05, 4.69) is 21.2 Å². The molecular weight excluding hydrogens is 242 g/mol. The highest BCUT2D eigenvalue weighted by Crippen LogP contribution is 2.28. The zero-order chi connectivity index (χ0) is 9.80. The molecule has 1 aromatic heterocycles. The number of rotatable bonds is 5. The lowest BCUT2D eigenvalue weighted by atomic mass is 9.83. The van der Waals surface area contributed by atoms with Crippen molar-refractivity contribution in [1.29, 1.82) is 0 Å². The molecule has 0 amide bonds. The van der Waals surface area contributed by atoms with Gasteiger partial charge in [-0.05, 0) is 46.9 Å². The zero-order valence-electron chi connectivity index (χ0n) is 8.26. The lowest BCUT2D eigenvalue weighted by molar-refractivity contribution is 0.290. The van der Waals surface area contributed by atoms with Crippen LogP contribution in [-0.4, -0.2) is 6.54 Å². The van der Waals surface area contributed by atoms with Crippen LogP contribution in [0.1, 0.15) is 31.4 Å². The Morgan fingerprint density at radius 3 is 2.86 bits per heavy atom. The number of hydrogen-bond acceptors (Lipinski definition) is 2. The summed E-state index contributed by atoms with van der Waals surface area (Å²) in [4.78, 5) is 0. The largest absolute Gasteiger partial charge is 0.453 e. The van der Waals surface area contributed by atoms with Crippen molar-refractivity contribution >= 4 is 15.9 Å². The summed E-state index contributed by atoms with van der Waals surface area (Å²) in [6.45, 7) is 1.96. The molecule has 1 saturated carbocycles. The molecule has 0 radical (unpaired) electrons. The summed E-state index contributed by atoms with van der Waals surface area (Å²) in [7, 11) is 0. The Balaban J connectivity index is 1.58. The van der Waals surface area contributed by atoms with Gasteiger partial charge in [0, 0.05) is 0 Å². The minimum atomic E-state index is 0.813. The standard InChI is InChI=1S/C11H16BrNO/c12-11-5-4-10(14-11)8-13-7-6-9-2-1-3-9/h4-5,9,13H,1-3,6-8H2. The number of furan rings is 1. The average Bonchev–Trinajstić information content (AvgIpc) is 2.48. The normalized spacial score (nSPS) is 16.9. The molecule has 1 aromatic rings. The maximum absolute atomic E-state index is 5.39. The van der Waals surface area contributed by atoms with Crippen LogP contribution in [0.5, 0.6) is 0 Å². The summed E-state index contributed by atoms with van der Waals surface area (Å²) < 4.78 is 6.20. The van der Waals surface area contributed by atoms with Gasteiger partial charge in [0.25, 0.3) is 0 Å². The SMILES string of the molecule is Brc1ccc(CNCCC2CCC2)o1. The molecule has 0 saturated heterocycles. The van der Waals surface area contributed by atoms with Gasteiger partial charge in [0.05, 0.1) is 6.54 Å². The molecule has 1 aliphatic carbocycles. The molecule has 1 N–H and O–H groups in total. The van der Waals surface area contributed by atoms with E-state index in [1.165, 1.54) is 25.7 Å². The van der Waals surface area contributed by atoms with E-state index in [4.69, 9.17) is 4.42 Å². The highest BCUT2D eigenvalue weighted by molar-refractivity contribution is 9.10. The van der Waals surface area contributed by atoms with Gasteiger partial charge < -0.3 is 9.73 Å². The third-order valence-electron chi connectivity index (χ3n) is 2.88. The van der Waals surface area contributed by atoms with Gasteiger partial charge in [-0.3, -0.25) is 0 Å². The molecule has 0 aliphatic heterocycles. The number of nitrogens with one attached hydrogen (secondary N) is 1. The smallest absolute Gasteiger partial charge is 0.169 e. The Hall–Kier alpha value is -0.280. The van der Waals surface area contributed by atoms with Gasteiger partial charge in [-0.1, -0.05) is 19.3 Å². The first kappa shape index (κ1) is 10.2. The van der Waals surface area contributed by atoms with Crippen molar-refractivity contribution in [3.8, 4) is 0 Å². The van der Waals surface area contributed by atoms with Crippen molar-refractivity contribution in [1.82, 2.24) is 5.32 Å². The van der Waals surface area contributed by atoms with Crippen molar-refractivity contribution in [3.63, 3.8) is 0 Å². The van der Waals surface area contributed by atoms with E-state index < -0.39 is 0 Å². The van der Waals surface area contributed by atoms with E-state index in [-0.39, 0.29) is 0 Å². The minimum Gasteiger partial charge on any atom is -0.453 e. The fraction of sp³-hybridized carbons (Fsp3) is 0.636. The molecule has 2 nitrogen and oxygen atoms in total. The summed E-state index contributed by atoms with van der Waals surface area (Å²) in [5.41, 5.74) is 0. The average molecular weight is 258 g/mol. The van der Waals surface area contributed by atoms with Crippen LogP contribution in [0.15, 0.2) is 21.2 Å². The van der Waals surface area contributed by atoms with Crippen molar-refractivity contribution in [2.24, 2.45) is 5.92 Å². The van der Waals surface area contributed by atoms with Gasteiger partial charge in [-0.25, -0.2) is 0 Å². The third kappa shape index (κ3) is 2.85. The summed E-state index contributed by atoms with van der Waals surface area (Å²) in [6.07, 6.45) is 5.64. The molecule has 1 heterocycles. The molecule has 0 bridgehead atoms. The topological polar surface area (TPSA) is 25.2 Å².